The fraction of sp³-hybridized carbons (Fsp3) is 0.286. The minimum Gasteiger partial charge on any atom is -0.323 e. The molecular weight excluding hydrogens is 194 g/mol. The summed E-state index contributed by atoms with van der Waals surface area (Å²) in [7, 11) is 0. The van der Waals surface area contributed by atoms with Crippen molar-refractivity contribution in [2.75, 3.05) is 5.32 Å². The molecule has 0 aliphatic carbocycles. The molecule has 1 heterocycles. The Labute approximate surface area is 79.1 Å². The minimum absolute atomic E-state index is 0.0700. The molecule has 70 valence electrons. The zero-order valence-electron chi connectivity index (χ0n) is 6.93. The van der Waals surface area contributed by atoms with E-state index in [0.717, 1.165) is 0 Å². The van der Waals surface area contributed by atoms with Gasteiger partial charge in [0.2, 0.25) is 11.7 Å². The van der Waals surface area contributed by atoms with Gasteiger partial charge in [0.1, 0.15) is 5.15 Å². The molecule has 1 aromatic heterocycles. The summed E-state index contributed by atoms with van der Waals surface area (Å²) in [5.41, 5.74) is -0.466. The van der Waals surface area contributed by atoms with Crippen molar-refractivity contribution in [3.8, 4) is 0 Å². The van der Waals surface area contributed by atoms with Gasteiger partial charge in [-0.1, -0.05) is 18.5 Å². The third-order valence-corrected chi connectivity index (χ3v) is 1.53. The molecule has 6 heteroatoms. The van der Waals surface area contributed by atoms with Gasteiger partial charge in [0, 0.05) is 12.6 Å². The number of hydrogen-bond donors (Lipinski definition) is 2. The number of carbonyl (C=O) groups excluding carboxylic acids is 1. The van der Waals surface area contributed by atoms with E-state index in [0.29, 0.717) is 0 Å². The molecule has 1 aromatic rings. The Kier molecular flexibility index (Phi) is 3.02. The monoisotopic (exact) mass is 201 g/mol. The smallest absolute Gasteiger partial charge is 0.291 e. The van der Waals surface area contributed by atoms with Crippen molar-refractivity contribution in [1.82, 2.24) is 9.97 Å². The van der Waals surface area contributed by atoms with E-state index in [1.165, 1.54) is 6.20 Å². The highest BCUT2D eigenvalue weighted by molar-refractivity contribution is 6.29. The van der Waals surface area contributed by atoms with Crippen LogP contribution in [0.3, 0.4) is 0 Å². The van der Waals surface area contributed by atoms with Crippen molar-refractivity contribution in [2.24, 2.45) is 0 Å². The van der Waals surface area contributed by atoms with E-state index in [9.17, 15) is 9.59 Å². The first-order valence-corrected chi connectivity index (χ1v) is 4.06. The highest BCUT2D eigenvalue weighted by Gasteiger charge is 2.05. The molecule has 0 aromatic carbocycles. The van der Waals surface area contributed by atoms with E-state index in [-0.39, 0.29) is 23.3 Å². The summed E-state index contributed by atoms with van der Waals surface area (Å²) < 4.78 is 0. The third-order valence-electron chi connectivity index (χ3n) is 1.33. The second-order valence-corrected chi connectivity index (χ2v) is 2.69. The Morgan fingerprint density at radius 3 is 3.08 bits per heavy atom. The Morgan fingerprint density at radius 1 is 1.77 bits per heavy atom. The van der Waals surface area contributed by atoms with Gasteiger partial charge in [-0.05, 0) is 0 Å². The molecular formula is C7H8ClN3O2. The van der Waals surface area contributed by atoms with Crippen molar-refractivity contribution >= 4 is 23.3 Å². The van der Waals surface area contributed by atoms with Crippen LogP contribution in [0.5, 0.6) is 0 Å². The lowest BCUT2D eigenvalue weighted by Crippen LogP contribution is -2.20. The largest absolute Gasteiger partial charge is 0.323 e. The summed E-state index contributed by atoms with van der Waals surface area (Å²) >= 11 is 5.51. The van der Waals surface area contributed by atoms with Crippen molar-refractivity contribution in [3.63, 3.8) is 0 Å². The van der Waals surface area contributed by atoms with E-state index >= 15 is 0 Å². The molecule has 0 saturated carbocycles. The van der Waals surface area contributed by atoms with Crippen LogP contribution in [0, 0.1) is 0 Å². The van der Waals surface area contributed by atoms with Gasteiger partial charge in [-0.15, -0.1) is 0 Å². The number of nitrogens with one attached hydrogen (secondary N) is 2. The van der Waals surface area contributed by atoms with Gasteiger partial charge in [0.25, 0.3) is 5.56 Å². The maximum atomic E-state index is 11.0. The number of aromatic amines is 1. The van der Waals surface area contributed by atoms with Crippen molar-refractivity contribution in [2.45, 2.75) is 13.3 Å². The topological polar surface area (TPSA) is 74.8 Å². The second kappa shape index (κ2) is 4.04. The molecule has 0 aliphatic rings. The van der Waals surface area contributed by atoms with Crippen LogP contribution in [-0.4, -0.2) is 15.9 Å². The number of amides is 1. The molecule has 13 heavy (non-hydrogen) atoms. The summed E-state index contributed by atoms with van der Waals surface area (Å²) in [6, 6.07) is 0. The van der Waals surface area contributed by atoms with Crippen LogP contribution >= 0.6 is 11.6 Å². The van der Waals surface area contributed by atoms with Crippen LogP contribution in [0.25, 0.3) is 0 Å². The maximum absolute atomic E-state index is 11.0. The number of carbonyl (C=O) groups is 1. The number of H-pyrrole nitrogens is 1. The van der Waals surface area contributed by atoms with Gasteiger partial charge in [0.05, 0.1) is 0 Å². The lowest BCUT2D eigenvalue weighted by atomic mass is 10.4. The zero-order valence-corrected chi connectivity index (χ0v) is 7.68. The van der Waals surface area contributed by atoms with Gasteiger partial charge < -0.3 is 10.3 Å². The average molecular weight is 202 g/mol. The van der Waals surface area contributed by atoms with Crippen molar-refractivity contribution in [1.29, 1.82) is 0 Å². The van der Waals surface area contributed by atoms with Gasteiger partial charge in [0.15, 0.2) is 0 Å². The van der Waals surface area contributed by atoms with E-state index < -0.39 is 5.56 Å². The first kappa shape index (κ1) is 9.73. The Morgan fingerprint density at radius 2 is 2.46 bits per heavy atom. The fourth-order valence-electron chi connectivity index (χ4n) is 0.688. The van der Waals surface area contributed by atoms with Crippen LogP contribution < -0.4 is 10.9 Å². The summed E-state index contributed by atoms with van der Waals surface area (Å²) in [6.45, 7) is 1.67. The molecule has 0 radical (unpaired) electrons. The molecule has 0 fully saturated rings. The first-order valence-electron chi connectivity index (χ1n) is 3.68. The summed E-state index contributed by atoms with van der Waals surface area (Å²) in [5.74, 6) is -0.348. The van der Waals surface area contributed by atoms with Crippen LogP contribution in [-0.2, 0) is 4.79 Å². The average Bonchev–Trinajstić information content (AvgIpc) is 2.11. The molecule has 1 rings (SSSR count). The number of nitrogens with zero attached hydrogens (tertiary/aromatic N) is 1. The highest BCUT2D eigenvalue weighted by Crippen LogP contribution is 2.02. The number of rotatable bonds is 2. The number of hydrogen-bond acceptors (Lipinski definition) is 3. The van der Waals surface area contributed by atoms with Crippen LogP contribution in [0.4, 0.5) is 5.82 Å². The lowest BCUT2D eigenvalue weighted by Gasteiger charge is -2.00. The molecule has 5 nitrogen and oxygen atoms in total. The number of anilines is 1. The van der Waals surface area contributed by atoms with E-state index in [1.54, 1.807) is 6.92 Å². The quantitative estimate of drug-likeness (QED) is 0.742. The highest BCUT2D eigenvalue weighted by atomic mass is 35.5. The van der Waals surface area contributed by atoms with E-state index in [1.807, 2.05) is 0 Å². The van der Waals surface area contributed by atoms with E-state index in [2.05, 4.69) is 15.3 Å². The zero-order chi connectivity index (χ0) is 9.84. The fourth-order valence-corrected chi connectivity index (χ4v) is 0.828. The normalized spacial score (nSPS) is 9.69. The molecule has 0 spiro atoms. The Hall–Kier alpha value is -1.36. The molecule has 0 saturated heterocycles. The molecule has 1 amide bonds. The van der Waals surface area contributed by atoms with Crippen molar-refractivity contribution < 1.29 is 4.79 Å². The van der Waals surface area contributed by atoms with Gasteiger partial charge in [-0.25, -0.2) is 4.98 Å². The summed E-state index contributed by atoms with van der Waals surface area (Å²) in [5, 5.41) is 2.45. The molecule has 0 aliphatic heterocycles. The predicted molar refractivity (Wildman–Crippen MR) is 48.8 cm³/mol. The van der Waals surface area contributed by atoms with Crippen LogP contribution in [0.2, 0.25) is 5.15 Å². The summed E-state index contributed by atoms with van der Waals surface area (Å²) in [4.78, 5) is 27.9. The summed E-state index contributed by atoms with van der Waals surface area (Å²) in [6.07, 6.45) is 1.54. The predicted octanol–water partition coefficient (Wildman–Crippen LogP) is 0.772. The molecule has 0 bridgehead atoms. The van der Waals surface area contributed by atoms with Crippen molar-refractivity contribution in [3.05, 3.63) is 21.7 Å². The minimum atomic E-state index is -0.466. The van der Waals surface area contributed by atoms with Crippen LogP contribution in [0.15, 0.2) is 11.0 Å². The number of aromatic nitrogens is 2. The first-order chi connectivity index (χ1) is 6.13. The number of halogens is 1. The maximum Gasteiger partial charge on any atom is 0.291 e. The Balaban J connectivity index is 2.94. The Bertz CT molecular complexity index is 374. The van der Waals surface area contributed by atoms with Gasteiger partial charge >= 0.3 is 0 Å². The van der Waals surface area contributed by atoms with Gasteiger partial charge in [-0.2, -0.15) is 0 Å². The van der Waals surface area contributed by atoms with Gasteiger partial charge in [-0.3, -0.25) is 9.59 Å². The molecule has 2 N–H and O–H groups in total. The standard InChI is InChI=1S/C7H8ClN3O2/c1-2-5(12)11-6-7(13)9-3-4(8)10-6/h3H,2H2,1H3,(H,9,13)(H,10,11,12). The van der Waals surface area contributed by atoms with Crippen LogP contribution in [0.1, 0.15) is 13.3 Å². The second-order valence-electron chi connectivity index (χ2n) is 2.30. The third kappa shape index (κ3) is 2.55. The lowest BCUT2D eigenvalue weighted by molar-refractivity contribution is -0.115. The SMILES string of the molecule is CCC(=O)Nc1nc(Cl)c[nH]c1=O. The molecule has 0 unspecified atom stereocenters. The van der Waals surface area contributed by atoms with E-state index in [4.69, 9.17) is 11.6 Å². The molecule has 0 atom stereocenters.